The number of benzene rings is 1. The van der Waals surface area contributed by atoms with E-state index < -0.39 is 0 Å². The zero-order valence-electron chi connectivity index (χ0n) is 8.53. The van der Waals surface area contributed by atoms with Crippen LogP contribution in [-0.2, 0) is 7.05 Å². The predicted octanol–water partition coefficient (Wildman–Crippen LogP) is 2.14. The van der Waals surface area contributed by atoms with Crippen LogP contribution in [0.5, 0.6) is 0 Å². The Morgan fingerprint density at radius 3 is 2.73 bits per heavy atom. The van der Waals surface area contributed by atoms with Crippen LogP contribution in [0.15, 0.2) is 22.8 Å². The van der Waals surface area contributed by atoms with Gasteiger partial charge < -0.3 is 5.73 Å². The van der Waals surface area contributed by atoms with Crippen LogP contribution in [0.3, 0.4) is 0 Å². The normalized spacial score (nSPS) is 10.6. The van der Waals surface area contributed by atoms with Crippen molar-refractivity contribution in [2.75, 3.05) is 5.73 Å². The van der Waals surface area contributed by atoms with Gasteiger partial charge in [0.15, 0.2) is 4.60 Å². The number of nitrogens with zero attached hydrogens (tertiary/aromatic N) is 3. The van der Waals surface area contributed by atoms with E-state index in [2.05, 4.69) is 26.2 Å². The number of rotatable bonds is 1. The van der Waals surface area contributed by atoms with E-state index in [0.717, 1.165) is 22.5 Å². The molecule has 1 aromatic heterocycles. The van der Waals surface area contributed by atoms with Gasteiger partial charge in [-0.3, -0.25) is 0 Å². The third-order valence-corrected chi connectivity index (χ3v) is 2.78. The average molecular weight is 267 g/mol. The molecule has 0 spiro atoms. The molecule has 2 rings (SSSR count). The summed E-state index contributed by atoms with van der Waals surface area (Å²) < 4.78 is 2.41. The number of aryl methyl sites for hydroxylation is 2. The maximum atomic E-state index is 5.93. The first kappa shape index (κ1) is 10.2. The molecule has 0 aliphatic heterocycles. The summed E-state index contributed by atoms with van der Waals surface area (Å²) in [6, 6.07) is 5.90. The highest BCUT2D eigenvalue weighted by Crippen LogP contribution is 2.30. The minimum Gasteiger partial charge on any atom is -0.398 e. The number of anilines is 1. The molecule has 0 bridgehead atoms. The highest BCUT2D eigenvalue weighted by molar-refractivity contribution is 9.10. The van der Waals surface area contributed by atoms with Gasteiger partial charge in [0.2, 0.25) is 0 Å². The third-order valence-electron chi connectivity index (χ3n) is 2.25. The fraction of sp³-hybridized carbons (Fsp3) is 0.200. The van der Waals surface area contributed by atoms with E-state index >= 15 is 0 Å². The molecule has 0 saturated carbocycles. The standard InChI is InChI=1S/C10H11BrN4/c1-6-3-4-8(12)7(5-6)9-10(11)13-14-15(9)2/h3-5H,12H2,1-2H3. The number of nitrogen functional groups attached to an aromatic ring is 1. The summed E-state index contributed by atoms with van der Waals surface area (Å²) in [5, 5.41) is 7.86. The van der Waals surface area contributed by atoms with Crippen molar-refractivity contribution in [3.8, 4) is 11.3 Å². The van der Waals surface area contributed by atoms with E-state index in [-0.39, 0.29) is 0 Å². The minimum atomic E-state index is 0.710. The highest BCUT2D eigenvalue weighted by Gasteiger charge is 2.13. The molecule has 5 heteroatoms. The molecule has 1 aromatic carbocycles. The molecular formula is C10H11BrN4. The summed E-state index contributed by atoms with van der Waals surface area (Å²) in [6.07, 6.45) is 0. The summed E-state index contributed by atoms with van der Waals surface area (Å²) in [5.41, 5.74) is 9.67. The largest absolute Gasteiger partial charge is 0.398 e. The molecule has 0 aliphatic carbocycles. The smallest absolute Gasteiger partial charge is 0.156 e. The van der Waals surface area contributed by atoms with E-state index in [9.17, 15) is 0 Å². The molecule has 4 nitrogen and oxygen atoms in total. The molecular weight excluding hydrogens is 256 g/mol. The number of hydrogen-bond acceptors (Lipinski definition) is 3. The van der Waals surface area contributed by atoms with Crippen molar-refractivity contribution in [3.63, 3.8) is 0 Å². The Morgan fingerprint density at radius 1 is 1.40 bits per heavy atom. The first-order valence-electron chi connectivity index (χ1n) is 4.51. The van der Waals surface area contributed by atoms with Crippen molar-refractivity contribution in [1.82, 2.24) is 15.0 Å². The van der Waals surface area contributed by atoms with Crippen molar-refractivity contribution in [3.05, 3.63) is 28.4 Å². The highest BCUT2D eigenvalue weighted by atomic mass is 79.9. The van der Waals surface area contributed by atoms with E-state index in [1.165, 1.54) is 0 Å². The summed E-state index contributed by atoms with van der Waals surface area (Å²) in [5.74, 6) is 0. The number of halogens is 1. The zero-order valence-corrected chi connectivity index (χ0v) is 10.1. The predicted molar refractivity (Wildman–Crippen MR) is 63.3 cm³/mol. The SMILES string of the molecule is Cc1ccc(N)c(-c2c(Br)nnn2C)c1. The van der Waals surface area contributed by atoms with Crippen molar-refractivity contribution < 1.29 is 0 Å². The molecule has 0 aliphatic rings. The lowest BCUT2D eigenvalue weighted by molar-refractivity contribution is 0.720. The van der Waals surface area contributed by atoms with E-state index in [1.54, 1.807) is 4.68 Å². The fourth-order valence-corrected chi connectivity index (χ4v) is 2.03. The van der Waals surface area contributed by atoms with Crippen LogP contribution in [0.2, 0.25) is 0 Å². The molecule has 78 valence electrons. The molecule has 0 unspecified atom stereocenters. The van der Waals surface area contributed by atoms with Gasteiger partial charge in [-0.1, -0.05) is 16.8 Å². The molecule has 0 saturated heterocycles. The van der Waals surface area contributed by atoms with Crippen molar-refractivity contribution in [2.45, 2.75) is 6.92 Å². The topological polar surface area (TPSA) is 56.7 Å². The quantitative estimate of drug-likeness (QED) is 0.805. The van der Waals surface area contributed by atoms with Crippen LogP contribution >= 0.6 is 15.9 Å². The van der Waals surface area contributed by atoms with Gasteiger partial charge in [-0.15, -0.1) is 5.10 Å². The van der Waals surface area contributed by atoms with Gasteiger partial charge in [-0.05, 0) is 35.0 Å². The number of hydrogen-bond donors (Lipinski definition) is 1. The van der Waals surface area contributed by atoms with Crippen LogP contribution in [0, 0.1) is 6.92 Å². The molecule has 1 heterocycles. The lowest BCUT2D eigenvalue weighted by atomic mass is 10.1. The Bertz CT molecular complexity index is 485. The van der Waals surface area contributed by atoms with Gasteiger partial charge >= 0.3 is 0 Å². The summed E-state index contributed by atoms with van der Waals surface area (Å²) in [4.78, 5) is 0. The van der Waals surface area contributed by atoms with E-state index in [1.807, 2.05) is 32.2 Å². The zero-order chi connectivity index (χ0) is 11.0. The third kappa shape index (κ3) is 1.74. The first-order valence-corrected chi connectivity index (χ1v) is 5.30. The lowest BCUT2D eigenvalue weighted by Gasteiger charge is -2.06. The number of nitrogens with two attached hydrogens (primary N) is 1. The maximum absolute atomic E-state index is 5.93. The van der Waals surface area contributed by atoms with E-state index in [4.69, 9.17) is 5.73 Å². The molecule has 0 fully saturated rings. The molecule has 15 heavy (non-hydrogen) atoms. The Hall–Kier alpha value is -1.36. The second-order valence-electron chi connectivity index (χ2n) is 3.44. The molecule has 0 atom stereocenters. The van der Waals surface area contributed by atoms with Gasteiger partial charge in [-0.2, -0.15) is 0 Å². The van der Waals surface area contributed by atoms with Gasteiger partial charge in [-0.25, -0.2) is 4.68 Å². The number of aromatic nitrogens is 3. The van der Waals surface area contributed by atoms with Gasteiger partial charge in [0.05, 0.1) is 0 Å². The maximum Gasteiger partial charge on any atom is 0.156 e. The van der Waals surface area contributed by atoms with Crippen LogP contribution in [0.4, 0.5) is 5.69 Å². The summed E-state index contributed by atoms with van der Waals surface area (Å²) in [7, 11) is 1.84. The first-order chi connectivity index (χ1) is 7.09. The Morgan fingerprint density at radius 2 is 2.13 bits per heavy atom. The summed E-state index contributed by atoms with van der Waals surface area (Å²) in [6.45, 7) is 2.03. The molecule has 2 N–H and O–H groups in total. The van der Waals surface area contributed by atoms with Crippen LogP contribution in [0.25, 0.3) is 11.3 Å². The van der Waals surface area contributed by atoms with Crippen molar-refractivity contribution in [2.24, 2.45) is 7.05 Å². The van der Waals surface area contributed by atoms with Gasteiger partial charge in [0.1, 0.15) is 5.69 Å². The summed E-state index contributed by atoms with van der Waals surface area (Å²) >= 11 is 3.36. The Balaban J connectivity index is 2.68. The lowest BCUT2D eigenvalue weighted by Crippen LogP contribution is -1.98. The minimum absolute atomic E-state index is 0.710. The van der Waals surface area contributed by atoms with Crippen molar-refractivity contribution in [1.29, 1.82) is 0 Å². The average Bonchev–Trinajstić information content (AvgIpc) is 2.51. The van der Waals surface area contributed by atoms with Crippen LogP contribution < -0.4 is 5.73 Å². The second-order valence-corrected chi connectivity index (χ2v) is 4.19. The van der Waals surface area contributed by atoms with Crippen LogP contribution in [0.1, 0.15) is 5.56 Å². The molecule has 0 amide bonds. The Kier molecular flexibility index (Phi) is 2.48. The van der Waals surface area contributed by atoms with Crippen molar-refractivity contribution >= 4 is 21.6 Å². The fourth-order valence-electron chi connectivity index (χ4n) is 1.49. The monoisotopic (exact) mass is 266 g/mol. The van der Waals surface area contributed by atoms with Gasteiger partial charge in [0, 0.05) is 18.3 Å². The van der Waals surface area contributed by atoms with Crippen LogP contribution in [-0.4, -0.2) is 15.0 Å². The molecule has 0 radical (unpaired) electrons. The molecule has 2 aromatic rings. The Labute approximate surface area is 96.2 Å². The van der Waals surface area contributed by atoms with E-state index in [0.29, 0.717) is 4.60 Å². The van der Waals surface area contributed by atoms with Gasteiger partial charge in [0.25, 0.3) is 0 Å². The second kappa shape index (κ2) is 3.66.